The Morgan fingerprint density at radius 2 is 1.78 bits per heavy atom. The highest BCUT2D eigenvalue weighted by atomic mass is 32.2. The number of carbonyl (C=O) groups is 1. The van der Waals surface area contributed by atoms with E-state index in [9.17, 15) is 18.0 Å². The lowest BCUT2D eigenvalue weighted by molar-refractivity contribution is 0.106. The molecule has 2 aromatic carbocycles. The molecule has 1 radical (unpaired) electrons. The van der Waals surface area contributed by atoms with Crippen LogP contribution in [0, 0.1) is 0 Å². The largest absolute Gasteiger partial charge is 0.295 e. The normalized spacial score (nSPS) is 11.4. The molecule has 18 heavy (non-hydrogen) atoms. The lowest BCUT2D eigenvalue weighted by Gasteiger charge is -2.07. The van der Waals surface area contributed by atoms with Gasteiger partial charge in [-0.15, -0.1) is 0 Å². The summed E-state index contributed by atoms with van der Waals surface area (Å²) in [4.78, 5) is 21.4. The highest BCUT2D eigenvalue weighted by Gasteiger charge is 2.22. The average Bonchev–Trinajstić information content (AvgIpc) is 2.35. The molecule has 0 saturated heterocycles. The van der Waals surface area contributed by atoms with Crippen molar-refractivity contribution in [1.82, 2.24) is 0 Å². The number of rotatable bonds is 3. The van der Waals surface area contributed by atoms with E-state index in [4.69, 9.17) is 4.55 Å². The van der Waals surface area contributed by atoms with Crippen LogP contribution in [0.25, 0.3) is 10.8 Å². The van der Waals surface area contributed by atoms with Crippen LogP contribution in [0.5, 0.6) is 0 Å². The molecule has 5 nitrogen and oxygen atoms in total. The summed E-state index contributed by atoms with van der Waals surface area (Å²) < 4.78 is 31.4. The van der Waals surface area contributed by atoms with Crippen LogP contribution in [-0.2, 0) is 14.9 Å². The molecular formula is C12H7O5S. The van der Waals surface area contributed by atoms with E-state index in [0.717, 1.165) is 12.4 Å². The van der Waals surface area contributed by atoms with Gasteiger partial charge in [-0.25, -0.2) is 0 Å². The number of carbonyl (C=O) groups excluding carboxylic acids is 2. The third kappa shape index (κ3) is 2.03. The van der Waals surface area contributed by atoms with E-state index in [1.807, 2.05) is 0 Å². The minimum Gasteiger partial charge on any atom is -0.285 e. The predicted octanol–water partition coefficient (Wildman–Crippen LogP) is 1.38. The molecule has 0 saturated carbocycles. The minimum atomic E-state index is -4.58. The van der Waals surface area contributed by atoms with Crippen molar-refractivity contribution in [2.45, 2.75) is 4.90 Å². The van der Waals surface area contributed by atoms with Gasteiger partial charge in [-0.2, -0.15) is 8.42 Å². The number of benzene rings is 2. The smallest absolute Gasteiger partial charge is 0.285 e. The molecule has 0 aliphatic rings. The minimum absolute atomic E-state index is 0.279. The Hall–Kier alpha value is -2.05. The molecule has 91 valence electrons. The second-order valence-electron chi connectivity index (χ2n) is 3.57. The SMILES string of the molecule is O=[C]C(=O)c1c(S(=O)(=O)O)ccc2ccccc12. The van der Waals surface area contributed by atoms with Crippen molar-refractivity contribution in [1.29, 1.82) is 0 Å². The van der Waals surface area contributed by atoms with Crippen LogP contribution < -0.4 is 0 Å². The Labute approximate surface area is 103 Å². The number of fused-ring (bicyclic) bond motifs is 1. The molecule has 0 atom stereocenters. The van der Waals surface area contributed by atoms with E-state index >= 15 is 0 Å². The van der Waals surface area contributed by atoms with Gasteiger partial charge in [0.05, 0.1) is 5.56 Å². The molecule has 0 heterocycles. The van der Waals surface area contributed by atoms with Crippen LogP contribution in [0.15, 0.2) is 41.3 Å². The molecule has 0 unspecified atom stereocenters. The summed E-state index contributed by atoms with van der Waals surface area (Å²) in [5.74, 6) is -1.11. The number of hydrogen-bond donors (Lipinski definition) is 1. The molecule has 0 spiro atoms. The van der Waals surface area contributed by atoms with Crippen LogP contribution >= 0.6 is 0 Å². The topological polar surface area (TPSA) is 88.5 Å². The fourth-order valence-corrected chi connectivity index (χ4v) is 2.45. The molecule has 1 N–H and O–H groups in total. The summed E-state index contributed by atoms with van der Waals surface area (Å²) in [5.41, 5.74) is -0.356. The summed E-state index contributed by atoms with van der Waals surface area (Å²) in [5, 5.41) is 0.865. The van der Waals surface area contributed by atoms with E-state index in [1.54, 1.807) is 18.2 Å². The fourth-order valence-electron chi connectivity index (χ4n) is 1.75. The predicted molar refractivity (Wildman–Crippen MR) is 63.8 cm³/mol. The van der Waals surface area contributed by atoms with E-state index in [2.05, 4.69) is 0 Å². The molecule has 2 rings (SSSR count). The standard InChI is InChI=1S/C12H7O5S/c13-7-10(14)12-9-4-2-1-3-8(9)5-6-11(12)18(15,16)17/h1-6H,(H,15,16,17). The van der Waals surface area contributed by atoms with E-state index in [0.29, 0.717) is 5.39 Å². The summed E-state index contributed by atoms with van der Waals surface area (Å²) in [6.45, 7) is 0. The van der Waals surface area contributed by atoms with Crippen LogP contribution in [-0.4, -0.2) is 25.0 Å². The molecule has 2 aromatic rings. The van der Waals surface area contributed by atoms with E-state index in [-0.39, 0.29) is 10.9 Å². The van der Waals surface area contributed by atoms with Crippen molar-refractivity contribution in [2.75, 3.05) is 0 Å². The summed E-state index contributed by atoms with van der Waals surface area (Å²) in [7, 11) is -4.58. The van der Waals surface area contributed by atoms with Gasteiger partial charge in [0.15, 0.2) is 0 Å². The molecule has 0 aliphatic carbocycles. The fraction of sp³-hybridized carbons (Fsp3) is 0. The summed E-state index contributed by atoms with van der Waals surface area (Å²) in [6, 6.07) is 8.98. The third-order valence-corrected chi connectivity index (χ3v) is 3.38. The maximum absolute atomic E-state index is 11.5. The Morgan fingerprint density at radius 1 is 1.11 bits per heavy atom. The lowest BCUT2D eigenvalue weighted by Crippen LogP contribution is -2.10. The molecule has 0 aromatic heterocycles. The Kier molecular flexibility index (Phi) is 2.98. The maximum Gasteiger partial charge on any atom is 0.295 e. The first-order chi connectivity index (χ1) is 8.45. The lowest BCUT2D eigenvalue weighted by atomic mass is 10.0. The molecular weight excluding hydrogens is 256 g/mol. The van der Waals surface area contributed by atoms with Crippen molar-refractivity contribution < 1.29 is 22.6 Å². The number of ketones is 1. The van der Waals surface area contributed by atoms with E-state index < -0.39 is 20.8 Å². The van der Waals surface area contributed by atoms with E-state index in [1.165, 1.54) is 12.1 Å². The summed E-state index contributed by atoms with van der Waals surface area (Å²) in [6.07, 6.45) is 1.12. The third-order valence-electron chi connectivity index (χ3n) is 2.49. The second kappa shape index (κ2) is 4.32. The van der Waals surface area contributed by atoms with Crippen molar-refractivity contribution in [2.24, 2.45) is 0 Å². The van der Waals surface area contributed by atoms with Crippen molar-refractivity contribution >= 4 is 33.0 Å². The van der Waals surface area contributed by atoms with Crippen LogP contribution in [0.4, 0.5) is 0 Å². The van der Waals surface area contributed by atoms with Crippen molar-refractivity contribution in [3.63, 3.8) is 0 Å². The van der Waals surface area contributed by atoms with Crippen LogP contribution in [0.3, 0.4) is 0 Å². The number of hydrogen-bond acceptors (Lipinski definition) is 4. The quantitative estimate of drug-likeness (QED) is 0.513. The zero-order valence-corrected chi connectivity index (χ0v) is 9.77. The van der Waals surface area contributed by atoms with Gasteiger partial charge in [-0.3, -0.25) is 14.1 Å². The van der Waals surface area contributed by atoms with Gasteiger partial charge in [0.25, 0.3) is 16.4 Å². The Morgan fingerprint density at radius 3 is 2.39 bits per heavy atom. The van der Waals surface area contributed by atoms with Crippen molar-refractivity contribution in [3.8, 4) is 0 Å². The van der Waals surface area contributed by atoms with Crippen LogP contribution in [0.2, 0.25) is 0 Å². The van der Waals surface area contributed by atoms with Gasteiger partial charge in [-0.05, 0) is 16.8 Å². The Bertz CT molecular complexity index is 746. The average molecular weight is 263 g/mol. The first-order valence-corrected chi connectivity index (χ1v) is 6.31. The monoisotopic (exact) mass is 263 g/mol. The zero-order chi connectivity index (χ0) is 13.3. The molecule has 0 bridgehead atoms. The highest BCUT2D eigenvalue weighted by Crippen LogP contribution is 2.25. The van der Waals surface area contributed by atoms with Gasteiger partial charge in [0.1, 0.15) is 4.90 Å². The molecule has 0 amide bonds. The summed E-state index contributed by atoms with van der Waals surface area (Å²) >= 11 is 0. The molecule has 6 heteroatoms. The first kappa shape index (κ1) is 12.4. The van der Waals surface area contributed by atoms with Gasteiger partial charge in [0, 0.05) is 0 Å². The zero-order valence-electron chi connectivity index (χ0n) is 8.95. The highest BCUT2D eigenvalue weighted by molar-refractivity contribution is 7.86. The first-order valence-electron chi connectivity index (χ1n) is 4.87. The van der Waals surface area contributed by atoms with Crippen molar-refractivity contribution in [3.05, 3.63) is 42.0 Å². The maximum atomic E-state index is 11.5. The van der Waals surface area contributed by atoms with Crippen LogP contribution in [0.1, 0.15) is 10.4 Å². The Balaban J connectivity index is 2.97. The number of Topliss-reactive ketones (excluding diaryl/α,β-unsaturated/α-hetero) is 1. The molecule has 0 aliphatic heterocycles. The van der Waals surface area contributed by atoms with Gasteiger partial charge in [0.2, 0.25) is 5.78 Å². The van der Waals surface area contributed by atoms with Gasteiger partial charge >= 0.3 is 0 Å². The van der Waals surface area contributed by atoms with Gasteiger partial charge < -0.3 is 0 Å². The second-order valence-corrected chi connectivity index (χ2v) is 4.96. The molecule has 0 fully saturated rings. The van der Waals surface area contributed by atoms with Gasteiger partial charge in [-0.1, -0.05) is 30.3 Å².